The summed E-state index contributed by atoms with van der Waals surface area (Å²) in [7, 11) is 1.65. The highest BCUT2D eigenvalue weighted by molar-refractivity contribution is 8.00. The number of nitrogens with zero attached hydrogens (tertiary/aromatic N) is 1. The zero-order valence-electron chi connectivity index (χ0n) is 18.9. The second-order valence-electron chi connectivity index (χ2n) is 9.28. The quantitative estimate of drug-likeness (QED) is 0.649. The lowest BCUT2D eigenvalue weighted by molar-refractivity contribution is -0.139. The number of hydrogen-bond acceptors (Lipinski definition) is 5. The van der Waals surface area contributed by atoms with Crippen LogP contribution in [-0.2, 0) is 4.79 Å². The van der Waals surface area contributed by atoms with Gasteiger partial charge in [0.15, 0.2) is 6.61 Å². The maximum absolute atomic E-state index is 13.5. The Morgan fingerprint density at radius 3 is 2.52 bits per heavy atom. The number of methoxy groups -OCH3 is 1. The predicted molar refractivity (Wildman–Crippen MR) is 127 cm³/mol. The number of thioether (sulfide) groups is 1. The summed E-state index contributed by atoms with van der Waals surface area (Å²) >= 11 is 2.03. The minimum Gasteiger partial charge on any atom is -0.497 e. The van der Waals surface area contributed by atoms with Gasteiger partial charge in [-0.3, -0.25) is 10.1 Å². The van der Waals surface area contributed by atoms with Crippen molar-refractivity contribution in [2.75, 3.05) is 26.0 Å². The van der Waals surface area contributed by atoms with Crippen molar-refractivity contribution in [3.63, 3.8) is 0 Å². The number of carbonyl (C=O) groups excluding carboxylic acids is 1. The minimum absolute atomic E-state index is 0.0965. The molecule has 1 aliphatic carbocycles. The molecule has 0 aromatic heterocycles. The molecule has 5 nitrogen and oxygen atoms in total. The molecule has 4 fully saturated rings. The topological polar surface area (TPSA) is 50.8 Å². The summed E-state index contributed by atoms with van der Waals surface area (Å²) < 4.78 is 11.1. The molecule has 3 heterocycles. The number of piperidine rings is 1. The average molecular weight is 447 g/mol. The molecular weight excluding hydrogens is 408 g/mol. The van der Waals surface area contributed by atoms with Crippen LogP contribution >= 0.6 is 11.8 Å². The molecule has 2 bridgehead atoms. The van der Waals surface area contributed by atoms with E-state index >= 15 is 0 Å². The lowest BCUT2D eigenvalue weighted by atomic mass is 9.83. The molecule has 4 unspecified atom stereocenters. The Balaban J connectivity index is 1.46. The summed E-state index contributed by atoms with van der Waals surface area (Å²) in [6.45, 7) is 0.940. The Hall–Kier alpha value is -1.40. The van der Waals surface area contributed by atoms with Crippen LogP contribution in [0, 0.1) is 5.92 Å². The molecule has 0 spiro atoms. The normalized spacial score (nSPS) is 28.8. The lowest BCUT2D eigenvalue weighted by Crippen LogP contribution is -2.60. The van der Waals surface area contributed by atoms with Gasteiger partial charge >= 0.3 is 0 Å². The summed E-state index contributed by atoms with van der Waals surface area (Å²) in [4.78, 5) is 15.6. The van der Waals surface area contributed by atoms with Crippen LogP contribution in [0.1, 0.15) is 64.2 Å². The van der Waals surface area contributed by atoms with Crippen LogP contribution in [0.5, 0.6) is 11.5 Å². The number of carbonyl (C=O) groups is 1. The first-order valence-electron chi connectivity index (χ1n) is 12.2. The lowest BCUT2D eigenvalue weighted by Gasteiger charge is -2.45. The second-order valence-corrected chi connectivity index (χ2v) is 10.7. The van der Waals surface area contributed by atoms with Gasteiger partial charge in [0.05, 0.1) is 13.3 Å². The number of rotatable bonds is 7. The van der Waals surface area contributed by atoms with Crippen LogP contribution in [0.2, 0.25) is 0 Å². The molecule has 1 N–H and O–H groups in total. The van der Waals surface area contributed by atoms with Gasteiger partial charge in [-0.1, -0.05) is 25.7 Å². The molecule has 1 aromatic rings. The Morgan fingerprint density at radius 1 is 1.00 bits per heavy atom. The summed E-state index contributed by atoms with van der Waals surface area (Å²) in [5.74, 6) is 3.40. The van der Waals surface area contributed by atoms with E-state index in [2.05, 4.69) is 10.2 Å². The van der Waals surface area contributed by atoms with Crippen molar-refractivity contribution in [3.8, 4) is 11.5 Å². The van der Waals surface area contributed by atoms with E-state index in [0.717, 1.165) is 12.3 Å². The molecular formula is C25H38N2O3S. The van der Waals surface area contributed by atoms with Crippen molar-refractivity contribution in [2.24, 2.45) is 5.92 Å². The van der Waals surface area contributed by atoms with Gasteiger partial charge in [-0.2, -0.15) is 11.8 Å². The maximum atomic E-state index is 13.5. The first kappa shape index (κ1) is 22.8. The Bertz CT molecular complexity index is 689. The number of amides is 1. The summed E-state index contributed by atoms with van der Waals surface area (Å²) in [6, 6.07) is 8.02. The van der Waals surface area contributed by atoms with Gasteiger partial charge in [-0.15, -0.1) is 0 Å². The zero-order valence-corrected chi connectivity index (χ0v) is 19.7. The molecule has 4 aliphatic rings. The van der Waals surface area contributed by atoms with E-state index in [-0.39, 0.29) is 18.7 Å². The van der Waals surface area contributed by atoms with Crippen LogP contribution in [0.4, 0.5) is 0 Å². The van der Waals surface area contributed by atoms with E-state index in [0.29, 0.717) is 23.0 Å². The van der Waals surface area contributed by atoms with Crippen molar-refractivity contribution in [3.05, 3.63) is 24.3 Å². The molecule has 31 heavy (non-hydrogen) atoms. The van der Waals surface area contributed by atoms with E-state index in [9.17, 15) is 4.79 Å². The zero-order chi connectivity index (χ0) is 21.5. The molecule has 1 amide bonds. The van der Waals surface area contributed by atoms with Crippen LogP contribution in [0.15, 0.2) is 24.3 Å². The van der Waals surface area contributed by atoms with Crippen molar-refractivity contribution in [1.82, 2.24) is 10.2 Å². The number of nitrogens with one attached hydrogen (secondary N) is 1. The number of hydrogen-bond donors (Lipinski definition) is 1. The minimum atomic E-state index is 0.0965. The molecule has 1 aromatic carbocycles. The first-order valence-corrected chi connectivity index (χ1v) is 13.2. The molecule has 5 rings (SSSR count). The fraction of sp³-hybridized carbons (Fsp3) is 0.720. The van der Waals surface area contributed by atoms with Gasteiger partial charge in [0, 0.05) is 17.8 Å². The van der Waals surface area contributed by atoms with E-state index in [1.165, 1.54) is 70.0 Å². The highest BCUT2D eigenvalue weighted by Crippen LogP contribution is 2.33. The van der Waals surface area contributed by atoms with Crippen molar-refractivity contribution >= 4 is 17.7 Å². The third-order valence-corrected chi connectivity index (χ3v) is 8.50. The Morgan fingerprint density at radius 2 is 1.77 bits per heavy atom. The van der Waals surface area contributed by atoms with Gasteiger partial charge in [-0.05, 0) is 74.5 Å². The van der Waals surface area contributed by atoms with Crippen molar-refractivity contribution in [1.29, 1.82) is 0 Å². The first-order chi connectivity index (χ1) is 15.2. The Labute approximate surface area is 191 Å². The predicted octanol–water partition coefficient (Wildman–Crippen LogP) is 4.85. The number of ether oxygens (including phenoxy) is 2. The smallest absolute Gasteiger partial charge is 0.261 e. The molecule has 3 aliphatic heterocycles. The maximum Gasteiger partial charge on any atom is 0.261 e. The van der Waals surface area contributed by atoms with Crippen LogP contribution in [-0.4, -0.2) is 54.3 Å². The van der Waals surface area contributed by atoms with Crippen LogP contribution in [0.25, 0.3) is 0 Å². The largest absolute Gasteiger partial charge is 0.497 e. The van der Waals surface area contributed by atoms with Gasteiger partial charge < -0.3 is 14.4 Å². The SMILES string of the molecule is COc1ccc(OCC(=O)N(CC2CCCS2)C2NC3CCCCCCC2CC3)cc1. The van der Waals surface area contributed by atoms with E-state index in [1.54, 1.807) is 7.11 Å². The summed E-state index contributed by atoms with van der Waals surface area (Å²) in [6.07, 6.45) is 12.9. The Kier molecular flexibility index (Phi) is 8.42. The molecule has 6 heteroatoms. The molecule has 1 saturated carbocycles. The van der Waals surface area contributed by atoms with Gasteiger partial charge in [0.2, 0.25) is 0 Å². The third-order valence-electron chi connectivity index (χ3n) is 7.12. The molecule has 3 saturated heterocycles. The standard InChI is InChI=1S/C25H38N2O3S/c1-29-21-12-14-22(15-13-21)30-18-24(28)27(17-23-9-6-16-31-23)25-19-7-4-2-3-5-8-20(26-25)11-10-19/h12-15,19-20,23,25-26H,2-11,16-18H2,1H3. The average Bonchev–Trinajstić information content (AvgIpc) is 3.33. The van der Waals surface area contributed by atoms with E-state index in [1.807, 2.05) is 36.0 Å². The van der Waals surface area contributed by atoms with Gasteiger partial charge in [0.25, 0.3) is 5.91 Å². The highest BCUT2D eigenvalue weighted by atomic mass is 32.2. The molecule has 4 atom stereocenters. The van der Waals surface area contributed by atoms with Crippen molar-refractivity contribution in [2.45, 2.75) is 81.7 Å². The number of benzene rings is 1. The van der Waals surface area contributed by atoms with Crippen LogP contribution in [0.3, 0.4) is 0 Å². The highest BCUT2D eigenvalue weighted by Gasteiger charge is 2.37. The van der Waals surface area contributed by atoms with E-state index < -0.39 is 0 Å². The van der Waals surface area contributed by atoms with E-state index in [4.69, 9.17) is 9.47 Å². The monoisotopic (exact) mass is 446 g/mol. The van der Waals surface area contributed by atoms with Gasteiger partial charge in [0.1, 0.15) is 11.5 Å². The number of fused-ring (bicyclic) bond motifs is 7. The van der Waals surface area contributed by atoms with Crippen molar-refractivity contribution < 1.29 is 14.3 Å². The van der Waals surface area contributed by atoms with Gasteiger partial charge in [-0.25, -0.2) is 0 Å². The summed E-state index contributed by atoms with van der Waals surface area (Å²) in [5, 5.41) is 4.47. The molecule has 0 radical (unpaired) electrons. The second kappa shape index (κ2) is 11.5. The fourth-order valence-electron chi connectivity index (χ4n) is 5.34. The molecule has 172 valence electrons. The summed E-state index contributed by atoms with van der Waals surface area (Å²) in [5.41, 5.74) is 0. The third kappa shape index (κ3) is 6.32. The van der Waals surface area contributed by atoms with Crippen LogP contribution < -0.4 is 14.8 Å². The fourth-order valence-corrected chi connectivity index (χ4v) is 6.60.